The Morgan fingerprint density at radius 1 is 0.800 bits per heavy atom. The summed E-state index contributed by atoms with van der Waals surface area (Å²) in [5.74, 6) is 5.07. The van der Waals surface area contributed by atoms with E-state index >= 15 is 0 Å². The van der Waals surface area contributed by atoms with Gasteiger partial charge in [-0.2, -0.15) is 0 Å². The van der Waals surface area contributed by atoms with Crippen LogP contribution in [0.2, 0.25) is 0 Å². The van der Waals surface area contributed by atoms with Crippen LogP contribution in [0.4, 0.5) is 0 Å². The van der Waals surface area contributed by atoms with Crippen LogP contribution >= 0.6 is 0 Å². The van der Waals surface area contributed by atoms with E-state index < -0.39 is 0 Å². The molecule has 3 nitrogen and oxygen atoms in total. The van der Waals surface area contributed by atoms with Gasteiger partial charge in [-0.3, -0.25) is 0 Å². The molecule has 2 unspecified atom stereocenters. The van der Waals surface area contributed by atoms with E-state index in [0.29, 0.717) is 5.92 Å². The van der Waals surface area contributed by atoms with Crippen molar-refractivity contribution in [1.29, 1.82) is 0 Å². The number of rotatable bonds is 3. The molecule has 2 atom stereocenters. The van der Waals surface area contributed by atoms with Gasteiger partial charge in [0.25, 0.3) is 0 Å². The second-order valence-electron chi connectivity index (χ2n) is 7.93. The van der Waals surface area contributed by atoms with E-state index in [0.717, 1.165) is 41.3 Å². The average molecular weight is 331 g/mol. The second-order valence-corrected chi connectivity index (χ2v) is 7.93. The van der Waals surface area contributed by atoms with E-state index in [9.17, 15) is 0 Å². The lowest BCUT2D eigenvalue weighted by atomic mass is 9.88. The highest BCUT2D eigenvalue weighted by molar-refractivity contribution is 5.64. The molecule has 0 spiro atoms. The van der Waals surface area contributed by atoms with Gasteiger partial charge in [0.2, 0.25) is 0 Å². The number of benzene rings is 1. The molecule has 2 fully saturated rings. The molecule has 1 heterocycles. The topological polar surface area (TPSA) is 38.7 Å². The van der Waals surface area contributed by atoms with Crippen LogP contribution < -0.4 is 0 Å². The lowest BCUT2D eigenvalue weighted by Crippen LogP contribution is -2.13. The van der Waals surface area contributed by atoms with Crippen LogP contribution in [0.25, 0.3) is 17.0 Å². The standard InChI is InChI=1S/C22H25N3/c1-3-7-15(8-4-1)20-23-21(16-9-5-2-6-10-16)25-22(24-20)18-12-11-17-13-19(17)14-18/h1,3-4,7-8,14,16-17,19H,2,5-6,9-13H2. The fourth-order valence-electron chi connectivity index (χ4n) is 4.47. The molecule has 0 radical (unpaired) electrons. The van der Waals surface area contributed by atoms with E-state index in [2.05, 4.69) is 30.3 Å². The quantitative estimate of drug-likeness (QED) is 0.756. The first-order valence-corrected chi connectivity index (χ1v) is 9.89. The van der Waals surface area contributed by atoms with Crippen molar-refractivity contribution in [1.82, 2.24) is 15.0 Å². The number of nitrogens with zero attached hydrogens (tertiary/aromatic N) is 3. The Kier molecular flexibility index (Phi) is 3.88. The Morgan fingerprint density at radius 2 is 1.60 bits per heavy atom. The molecule has 2 aromatic rings. The zero-order chi connectivity index (χ0) is 16.6. The Bertz CT molecular complexity index is 790. The molecule has 1 aromatic heterocycles. The van der Waals surface area contributed by atoms with Crippen molar-refractivity contribution >= 4 is 5.57 Å². The highest BCUT2D eigenvalue weighted by Gasteiger charge is 2.38. The Hall–Kier alpha value is -2.03. The van der Waals surface area contributed by atoms with Crippen LogP contribution in [0.1, 0.15) is 68.9 Å². The first-order valence-electron chi connectivity index (χ1n) is 9.89. The van der Waals surface area contributed by atoms with E-state index in [-0.39, 0.29) is 0 Å². The Labute approximate surface area is 149 Å². The van der Waals surface area contributed by atoms with Gasteiger partial charge in [-0.05, 0) is 49.5 Å². The molecule has 128 valence electrons. The zero-order valence-corrected chi connectivity index (χ0v) is 14.7. The van der Waals surface area contributed by atoms with Crippen LogP contribution in [0.15, 0.2) is 36.4 Å². The molecular formula is C22H25N3. The molecule has 25 heavy (non-hydrogen) atoms. The molecule has 5 rings (SSSR count). The number of hydrogen-bond donors (Lipinski definition) is 0. The lowest BCUT2D eigenvalue weighted by Gasteiger charge is -2.21. The van der Waals surface area contributed by atoms with Crippen LogP contribution in [-0.2, 0) is 0 Å². The molecule has 2 saturated carbocycles. The third-order valence-corrected chi connectivity index (χ3v) is 6.12. The minimum absolute atomic E-state index is 0.510. The van der Waals surface area contributed by atoms with E-state index in [1.54, 1.807) is 0 Å². The summed E-state index contributed by atoms with van der Waals surface area (Å²) in [7, 11) is 0. The molecule has 0 amide bonds. The normalized spacial score (nSPS) is 26.0. The number of fused-ring (bicyclic) bond motifs is 1. The molecule has 3 aliphatic rings. The van der Waals surface area contributed by atoms with Crippen molar-refractivity contribution < 1.29 is 0 Å². The van der Waals surface area contributed by atoms with Crippen molar-refractivity contribution in [3.63, 3.8) is 0 Å². The molecule has 0 saturated heterocycles. The predicted octanol–water partition coefficient (Wildman–Crippen LogP) is 5.40. The number of aromatic nitrogens is 3. The summed E-state index contributed by atoms with van der Waals surface area (Å²) in [5, 5.41) is 0. The van der Waals surface area contributed by atoms with Crippen molar-refractivity contribution in [3.05, 3.63) is 48.1 Å². The predicted molar refractivity (Wildman–Crippen MR) is 99.9 cm³/mol. The third kappa shape index (κ3) is 3.12. The van der Waals surface area contributed by atoms with Crippen LogP contribution in [0, 0.1) is 11.8 Å². The van der Waals surface area contributed by atoms with Crippen LogP contribution in [-0.4, -0.2) is 15.0 Å². The van der Waals surface area contributed by atoms with E-state index in [1.807, 2.05) is 6.07 Å². The van der Waals surface area contributed by atoms with Gasteiger partial charge in [-0.1, -0.05) is 55.7 Å². The van der Waals surface area contributed by atoms with Gasteiger partial charge in [-0.15, -0.1) is 0 Å². The van der Waals surface area contributed by atoms with Gasteiger partial charge < -0.3 is 0 Å². The Morgan fingerprint density at radius 3 is 2.40 bits per heavy atom. The van der Waals surface area contributed by atoms with Gasteiger partial charge in [-0.25, -0.2) is 15.0 Å². The minimum Gasteiger partial charge on any atom is -0.213 e. The summed E-state index contributed by atoms with van der Waals surface area (Å²) >= 11 is 0. The monoisotopic (exact) mass is 331 g/mol. The van der Waals surface area contributed by atoms with Gasteiger partial charge in [0.15, 0.2) is 11.6 Å². The smallest absolute Gasteiger partial charge is 0.163 e. The lowest BCUT2D eigenvalue weighted by molar-refractivity contribution is 0.427. The van der Waals surface area contributed by atoms with Gasteiger partial charge >= 0.3 is 0 Å². The van der Waals surface area contributed by atoms with Gasteiger partial charge in [0.1, 0.15) is 5.82 Å². The van der Waals surface area contributed by atoms with Crippen molar-refractivity contribution in [3.8, 4) is 11.4 Å². The molecule has 0 aliphatic heterocycles. The first-order chi connectivity index (χ1) is 12.4. The zero-order valence-electron chi connectivity index (χ0n) is 14.7. The maximum absolute atomic E-state index is 4.97. The third-order valence-electron chi connectivity index (χ3n) is 6.12. The fraction of sp³-hybridized carbons (Fsp3) is 0.500. The summed E-state index contributed by atoms with van der Waals surface area (Å²) < 4.78 is 0. The SMILES string of the molecule is C1=C(c2nc(-c3ccccc3)nc(C3CCCCC3)n2)CCC2CC12. The summed E-state index contributed by atoms with van der Waals surface area (Å²) in [4.78, 5) is 14.8. The highest BCUT2D eigenvalue weighted by Crippen LogP contribution is 2.49. The summed E-state index contributed by atoms with van der Waals surface area (Å²) in [6.45, 7) is 0. The van der Waals surface area contributed by atoms with E-state index in [4.69, 9.17) is 15.0 Å². The summed E-state index contributed by atoms with van der Waals surface area (Å²) in [5.41, 5.74) is 2.46. The van der Waals surface area contributed by atoms with Gasteiger partial charge in [0.05, 0.1) is 0 Å². The van der Waals surface area contributed by atoms with Crippen LogP contribution in [0.5, 0.6) is 0 Å². The van der Waals surface area contributed by atoms with Crippen molar-refractivity contribution in [2.75, 3.05) is 0 Å². The maximum atomic E-state index is 4.97. The van der Waals surface area contributed by atoms with Crippen molar-refractivity contribution in [2.45, 2.75) is 57.3 Å². The Balaban J connectivity index is 1.57. The molecule has 3 aliphatic carbocycles. The largest absolute Gasteiger partial charge is 0.213 e. The number of hydrogen-bond acceptors (Lipinski definition) is 3. The number of allylic oxidation sites excluding steroid dienone is 2. The molecule has 0 bridgehead atoms. The van der Waals surface area contributed by atoms with E-state index in [1.165, 1.54) is 50.5 Å². The van der Waals surface area contributed by atoms with Crippen LogP contribution in [0.3, 0.4) is 0 Å². The van der Waals surface area contributed by atoms with Gasteiger partial charge in [0, 0.05) is 11.5 Å². The maximum Gasteiger partial charge on any atom is 0.163 e. The molecular weight excluding hydrogens is 306 g/mol. The summed E-state index contributed by atoms with van der Waals surface area (Å²) in [6.07, 6.45) is 12.7. The first kappa shape index (κ1) is 15.2. The summed E-state index contributed by atoms with van der Waals surface area (Å²) in [6, 6.07) is 10.4. The molecule has 3 heteroatoms. The van der Waals surface area contributed by atoms with Crippen molar-refractivity contribution in [2.24, 2.45) is 11.8 Å². The fourth-order valence-corrected chi connectivity index (χ4v) is 4.47. The molecule has 0 N–H and O–H groups in total. The minimum atomic E-state index is 0.510. The molecule has 1 aromatic carbocycles. The average Bonchev–Trinajstić information content (AvgIpc) is 3.48. The highest BCUT2D eigenvalue weighted by atomic mass is 15.0. The second kappa shape index (κ2) is 6.36.